The maximum absolute atomic E-state index is 10.8. The van der Waals surface area contributed by atoms with Crippen LogP contribution in [0.15, 0.2) is 0 Å². The fourth-order valence-electron chi connectivity index (χ4n) is 3.85. The molecule has 176 valence electrons. The van der Waals surface area contributed by atoms with Crippen LogP contribution < -0.4 is 29.6 Å². The van der Waals surface area contributed by atoms with Gasteiger partial charge in [-0.1, -0.05) is 116 Å². The Bertz CT molecular complexity index is 442. The number of aliphatic hydroxyl groups excluding tert-OH is 1. The quantitative estimate of drug-likeness (QED) is 0.151. The molecule has 4 nitrogen and oxygen atoms in total. The minimum absolute atomic E-state index is 0. The molecular formula is C24H49NaO4S. The van der Waals surface area contributed by atoms with Crippen LogP contribution in [0.5, 0.6) is 0 Å². The van der Waals surface area contributed by atoms with Crippen LogP contribution in [-0.4, -0.2) is 29.4 Å². The van der Waals surface area contributed by atoms with Crippen LogP contribution in [0.3, 0.4) is 0 Å². The van der Waals surface area contributed by atoms with Gasteiger partial charge in [0.25, 0.3) is 0 Å². The van der Waals surface area contributed by atoms with Crippen molar-refractivity contribution in [2.45, 2.75) is 154 Å². The standard InChI is InChI=1S/C24H50O4S.Na/c1-3-4-5-6-11-15-18-21-24(25)22-19-16-13-10-8-7-9-12-14-17-20-23(2)29(26,27)28;/h23-25H,3-22H2,1-2H3,(H,26,27,28);/q;+1/p-1. The summed E-state index contributed by atoms with van der Waals surface area (Å²) in [5, 5.41) is 9.32. The molecule has 2 atom stereocenters. The smallest absolute Gasteiger partial charge is 0.748 e. The first-order valence-electron chi connectivity index (χ1n) is 12.5. The van der Waals surface area contributed by atoms with Gasteiger partial charge in [-0.05, 0) is 26.2 Å². The topological polar surface area (TPSA) is 77.4 Å². The second kappa shape index (κ2) is 23.0. The maximum atomic E-state index is 10.8. The Morgan fingerprint density at radius 2 is 0.933 bits per heavy atom. The van der Waals surface area contributed by atoms with E-state index in [4.69, 9.17) is 0 Å². The number of rotatable bonds is 22. The van der Waals surface area contributed by atoms with Crippen molar-refractivity contribution in [1.82, 2.24) is 0 Å². The summed E-state index contributed by atoms with van der Waals surface area (Å²) in [6.07, 6.45) is 23.2. The molecule has 0 aromatic carbocycles. The van der Waals surface area contributed by atoms with Gasteiger partial charge >= 0.3 is 29.6 Å². The summed E-state index contributed by atoms with van der Waals surface area (Å²) >= 11 is 0. The van der Waals surface area contributed by atoms with Gasteiger partial charge in [0.15, 0.2) is 0 Å². The van der Waals surface area contributed by atoms with E-state index in [1.807, 2.05) is 0 Å². The zero-order valence-corrected chi connectivity index (χ0v) is 23.2. The Hall–Kier alpha value is 0.870. The summed E-state index contributed by atoms with van der Waals surface area (Å²) in [7, 11) is -4.10. The Morgan fingerprint density at radius 3 is 1.27 bits per heavy atom. The van der Waals surface area contributed by atoms with Crippen LogP contribution in [0.25, 0.3) is 0 Å². The molecule has 2 unspecified atom stereocenters. The molecule has 0 radical (unpaired) electrons. The monoisotopic (exact) mass is 456 g/mol. The van der Waals surface area contributed by atoms with Crippen molar-refractivity contribution in [3.8, 4) is 0 Å². The van der Waals surface area contributed by atoms with E-state index in [1.165, 1.54) is 90.4 Å². The summed E-state index contributed by atoms with van der Waals surface area (Å²) in [5.41, 5.74) is 0. The minimum Gasteiger partial charge on any atom is -0.748 e. The molecule has 0 heterocycles. The molecule has 0 spiro atoms. The predicted octanol–water partition coefficient (Wildman–Crippen LogP) is 4.11. The van der Waals surface area contributed by atoms with Crippen LogP contribution in [0.4, 0.5) is 0 Å². The van der Waals surface area contributed by atoms with E-state index in [2.05, 4.69) is 6.92 Å². The van der Waals surface area contributed by atoms with E-state index in [1.54, 1.807) is 0 Å². The Kier molecular flexibility index (Phi) is 25.4. The van der Waals surface area contributed by atoms with Crippen LogP contribution >= 0.6 is 0 Å². The molecule has 1 N–H and O–H groups in total. The van der Waals surface area contributed by atoms with E-state index in [0.29, 0.717) is 6.42 Å². The van der Waals surface area contributed by atoms with Gasteiger partial charge in [-0.3, -0.25) is 0 Å². The largest absolute Gasteiger partial charge is 1.00 e. The van der Waals surface area contributed by atoms with E-state index < -0.39 is 15.4 Å². The molecule has 0 amide bonds. The van der Waals surface area contributed by atoms with Gasteiger partial charge in [0, 0.05) is 5.25 Å². The average Bonchev–Trinajstić information content (AvgIpc) is 2.67. The first kappa shape index (κ1) is 33.0. The van der Waals surface area contributed by atoms with E-state index in [0.717, 1.165) is 38.5 Å². The van der Waals surface area contributed by atoms with Gasteiger partial charge in [0.05, 0.1) is 16.2 Å². The second-order valence-corrected chi connectivity index (χ2v) is 10.8. The Morgan fingerprint density at radius 1 is 0.633 bits per heavy atom. The minimum atomic E-state index is -4.10. The zero-order valence-electron chi connectivity index (χ0n) is 20.4. The summed E-state index contributed by atoms with van der Waals surface area (Å²) in [6, 6.07) is 0. The number of unbranched alkanes of at least 4 members (excludes halogenated alkanes) is 15. The molecule has 0 saturated carbocycles. The van der Waals surface area contributed by atoms with Gasteiger partial charge in [-0.15, -0.1) is 0 Å². The van der Waals surface area contributed by atoms with Crippen LogP contribution in [0.2, 0.25) is 0 Å². The second-order valence-electron chi connectivity index (χ2n) is 8.98. The fraction of sp³-hybridized carbons (Fsp3) is 1.00. The van der Waals surface area contributed by atoms with Crippen molar-refractivity contribution in [1.29, 1.82) is 0 Å². The molecule has 0 aromatic heterocycles. The van der Waals surface area contributed by atoms with Crippen molar-refractivity contribution in [2.75, 3.05) is 0 Å². The van der Waals surface area contributed by atoms with Crippen LogP contribution in [0, 0.1) is 0 Å². The first-order chi connectivity index (χ1) is 13.9. The number of hydrogen-bond donors (Lipinski definition) is 1. The Labute approximate surface area is 210 Å². The van der Waals surface area contributed by atoms with Gasteiger partial charge in [-0.2, -0.15) is 0 Å². The van der Waals surface area contributed by atoms with Gasteiger partial charge in [0.1, 0.15) is 0 Å². The summed E-state index contributed by atoms with van der Waals surface area (Å²) in [4.78, 5) is 0. The van der Waals surface area contributed by atoms with Crippen LogP contribution in [0.1, 0.15) is 142 Å². The van der Waals surface area contributed by atoms with Gasteiger partial charge in [0.2, 0.25) is 0 Å². The summed E-state index contributed by atoms with van der Waals surface area (Å²) in [5.74, 6) is 0. The Balaban J connectivity index is 0. The van der Waals surface area contributed by atoms with Gasteiger partial charge < -0.3 is 9.66 Å². The molecule has 0 aromatic rings. The van der Waals surface area contributed by atoms with Crippen molar-refractivity contribution in [3.63, 3.8) is 0 Å². The molecule has 0 rings (SSSR count). The van der Waals surface area contributed by atoms with E-state index >= 15 is 0 Å². The molecule has 0 aliphatic carbocycles. The van der Waals surface area contributed by atoms with Crippen molar-refractivity contribution < 1.29 is 47.6 Å². The van der Waals surface area contributed by atoms with E-state index in [-0.39, 0.29) is 35.7 Å². The number of aliphatic hydroxyl groups is 1. The average molecular weight is 457 g/mol. The summed E-state index contributed by atoms with van der Waals surface area (Å²) < 4.78 is 32.4. The third-order valence-corrected chi connectivity index (χ3v) is 7.25. The molecule has 30 heavy (non-hydrogen) atoms. The summed E-state index contributed by atoms with van der Waals surface area (Å²) in [6.45, 7) is 3.76. The van der Waals surface area contributed by atoms with Crippen molar-refractivity contribution >= 4 is 10.1 Å². The molecule has 0 saturated heterocycles. The third kappa shape index (κ3) is 23.5. The van der Waals surface area contributed by atoms with E-state index in [9.17, 15) is 18.1 Å². The van der Waals surface area contributed by atoms with Crippen molar-refractivity contribution in [3.05, 3.63) is 0 Å². The van der Waals surface area contributed by atoms with Crippen molar-refractivity contribution in [2.24, 2.45) is 0 Å². The molecule has 0 aliphatic rings. The molecule has 0 bridgehead atoms. The molecule has 0 aliphatic heterocycles. The van der Waals surface area contributed by atoms with Crippen LogP contribution in [-0.2, 0) is 10.1 Å². The third-order valence-electron chi connectivity index (χ3n) is 6.03. The first-order valence-corrected chi connectivity index (χ1v) is 14.0. The molecular weight excluding hydrogens is 407 g/mol. The predicted molar refractivity (Wildman–Crippen MR) is 123 cm³/mol. The van der Waals surface area contributed by atoms with Gasteiger partial charge in [-0.25, -0.2) is 8.42 Å². The zero-order chi connectivity index (χ0) is 21.8. The fourth-order valence-corrected chi connectivity index (χ4v) is 4.31. The molecule has 0 fully saturated rings. The maximum Gasteiger partial charge on any atom is 1.00 e. The SMILES string of the molecule is CCCCCCCCCC(O)CCCCCCCCCCCCC(C)S(=O)(=O)[O-].[Na+]. The number of hydrogen-bond acceptors (Lipinski definition) is 4. The molecule has 6 heteroatoms. The normalized spacial score (nSPS) is 13.7.